The molecule has 1 amide bonds. The second-order valence-electron chi connectivity index (χ2n) is 3.35. The Morgan fingerprint density at radius 2 is 2.23 bits per heavy atom. The van der Waals surface area contributed by atoms with E-state index in [-0.39, 0.29) is 11.4 Å². The normalized spacial score (nSPS) is 17.9. The minimum absolute atomic E-state index is 0.253. The second-order valence-corrected chi connectivity index (χ2v) is 3.35. The number of hydrogen-bond donors (Lipinski definition) is 1. The molecular weight excluding hydrogens is 169 g/mol. The lowest BCUT2D eigenvalue weighted by atomic mass is 10.1. The van der Waals surface area contributed by atoms with Gasteiger partial charge in [-0.1, -0.05) is 12.1 Å². The number of carbonyl (C=O) groups excluding carboxylic acids is 1. The van der Waals surface area contributed by atoms with Gasteiger partial charge in [-0.25, -0.2) is 4.39 Å². The van der Waals surface area contributed by atoms with Crippen LogP contribution in [0.5, 0.6) is 0 Å². The Labute approximate surface area is 75.8 Å². The maximum atomic E-state index is 12.8. The molecule has 0 heterocycles. The number of benzene rings is 1. The minimum atomic E-state index is -0.274. The maximum absolute atomic E-state index is 12.8. The quantitative estimate of drug-likeness (QED) is 0.701. The molecule has 0 atom stereocenters. The molecule has 1 aliphatic rings. The molecule has 1 N–H and O–H groups in total. The van der Waals surface area contributed by atoms with Crippen LogP contribution < -0.4 is 5.32 Å². The van der Waals surface area contributed by atoms with Crippen molar-refractivity contribution >= 4 is 6.41 Å². The molecule has 0 saturated heterocycles. The van der Waals surface area contributed by atoms with Gasteiger partial charge in [0.05, 0.1) is 5.54 Å². The van der Waals surface area contributed by atoms with E-state index in [4.69, 9.17) is 0 Å². The summed E-state index contributed by atoms with van der Waals surface area (Å²) < 4.78 is 12.8. The van der Waals surface area contributed by atoms with Crippen molar-refractivity contribution in [1.82, 2.24) is 5.32 Å². The average Bonchev–Trinajstić information content (AvgIpc) is 2.86. The van der Waals surface area contributed by atoms with Crippen molar-refractivity contribution in [2.75, 3.05) is 0 Å². The van der Waals surface area contributed by atoms with Gasteiger partial charge in [-0.15, -0.1) is 0 Å². The van der Waals surface area contributed by atoms with Gasteiger partial charge >= 0.3 is 0 Å². The van der Waals surface area contributed by atoms with Crippen LogP contribution in [-0.4, -0.2) is 6.41 Å². The molecule has 1 aliphatic carbocycles. The molecule has 1 aromatic rings. The van der Waals surface area contributed by atoms with Gasteiger partial charge in [0.1, 0.15) is 5.82 Å². The van der Waals surface area contributed by atoms with Gasteiger partial charge in [0.15, 0.2) is 0 Å². The van der Waals surface area contributed by atoms with Crippen molar-refractivity contribution in [3.63, 3.8) is 0 Å². The highest BCUT2D eigenvalue weighted by Crippen LogP contribution is 2.45. The molecule has 0 radical (unpaired) electrons. The number of halogens is 1. The largest absolute Gasteiger partial charge is 0.349 e. The van der Waals surface area contributed by atoms with E-state index in [0.717, 1.165) is 18.4 Å². The number of rotatable bonds is 3. The van der Waals surface area contributed by atoms with E-state index in [9.17, 15) is 9.18 Å². The Balaban J connectivity index is 2.29. The molecule has 68 valence electrons. The van der Waals surface area contributed by atoms with Crippen LogP contribution in [0.4, 0.5) is 4.39 Å². The fourth-order valence-electron chi connectivity index (χ4n) is 1.54. The van der Waals surface area contributed by atoms with Crippen molar-refractivity contribution in [1.29, 1.82) is 0 Å². The van der Waals surface area contributed by atoms with Crippen molar-refractivity contribution in [2.45, 2.75) is 18.4 Å². The standard InChI is InChI=1S/C10H10FNO/c11-9-3-1-2-8(6-9)10(4-5-10)12-7-13/h1-3,6-7H,4-5H2,(H,12,13). The summed E-state index contributed by atoms with van der Waals surface area (Å²) in [5.41, 5.74) is 0.587. The fraction of sp³-hybridized carbons (Fsp3) is 0.300. The summed E-state index contributed by atoms with van der Waals surface area (Å²) in [6.07, 6.45) is 2.47. The Bertz CT molecular complexity index is 333. The molecule has 0 aromatic heterocycles. The molecule has 0 unspecified atom stereocenters. The van der Waals surface area contributed by atoms with Crippen LogP contribution in [0.3, 0.4) is 0 Å². The topological polar surface area (TPSA) is 29.1 Å². The zero-order valence-electron chi connectivity index (χ0n) is 7.09. The first-order valence-electron chi connectivity index (χ1n) is 4.24. The van der Waals surface area contributed by atoms with Crippen molar-refractivity contribution in [2.24, 2.45) is 0 Å². The van der Waals surface area contributed by atoms with E-state index in [2.05, 4.69) is 5.32 Å². The van der Waals surface area contributed by atoms with Gasteiger partial charge < -0.3 is 5.32 Å². The second kappa shape index (κ2) is 2.83. The number of carbonyl (C=O) groups is 1. The van der Waals surface area contributed by atoms with Crippen LogP contribution in [0.15, 0.2) is 24.3 Å². The molecule has 0 spiro atoms. The van der Waals surface area contributed by atoms with Crippen molar-refractivity contribution in [3.05, 3.63) is 35.6 Å². The number of hydrogen-bond acceptors (Lipinski definition) is 1. The summed E-state index contributed by atoms with van der Waals surface area (Å²) >= 11 is 0. The molecule has 0 aliphatic heterocycles. The molecule has 1 saturated carbocycles. The van der Waals surface area contributed by atoms with Crippen LogP contribution >= 0.6 is 0 Å². The molecule has 13 heavy (non-hydrogen) atoms. The third-order valence-electron chi connectivity index (χ3n) is 2.46. The zero-order chi connectivity index (χ0) is 9.31. The van der Waals surface area contributed by atoms with E-state index in [1.165, 1.54) is 12.1 Å². The highest BCUT2D eigenvalue weighted by molar-refractivity contribution is 5.51. The molecular formula is C10H10FNO. The highest BCUT2D eigenvalue weighted by atomic mass is 19.1. The maximum Gasteiger partial charge on any atom is 0.207 e. The molecule has 3 heteroatoms. The lowest BCUT2D eigenvalue weighted by Gasteiger charge is -2.13. The summed E-state index contributed by atoms with van der Waals surface area (Å²) in [6.45, 7) is 0. The minimum Gasteiger partial charge on any atom is -0.349 e. The molecule has 2 rings (SSSR count). The van der Waals surface area contributed by atoms with Crippen LogP contribution in [0.1, 0.15) is 18.4 Å². The number of nitrogens with one attached hydrogen (secondary N) is 1. The molecule has 2 nitrogen and oxygen atoms in total. The lowest BCUT2D eigenvalue weighted by molar-refractivity contribution is -0.110. The monoisotopic (exact) mass is 179 g/mol. The Morgan fingerprint density at radius 3 is 2.77 bits per heavy atom. The summed E-state index contributed by atoms with van der Waals surface area (Å²) in [5, 5.41) is 2.73. The van der Waals surface area contributed by atoms with Crippen LogP contribution in [0.25, 0.3) is 0 Å². The van der Waals surface area contributed by atoms with E-state index >= 15 is 0 Å². The predicted octanol–water partition coefficient (Wildman–Crippen LogP) is 1.56. The Morgan fingerprint density at radius 1 is 1.46 bits per heavy atom. The van der Waals surface area contributed by atoms with Gasteiger partial charge in [0.2, 0.25) is 6.41 Å². The van der Waals surface area contributed by atoms with Gasteiger partial charge in [-0.2, -0.15) is 0 Å². The Hall–Kier alpha value is -1.38. The highest BCUT2D eigenvalue weighted by Gasteiger charge is 2.44. The van der Waals surface area contributed by atoms with Crippen LogP contribution in [0.2, 0.25) is 0 Å². The molecule has 1 fully saturated rings. The van der Waals surface area contributed by atoms with E-state index in [0.29, 0.717) is 6.41 Å². The van der Waals surface area contributed by atoms with Crippen LogP contribution in [0, 0.1) is 5.82 Å². The van der Waals surface area contributed by atoms with Crippen molar-refractivity contribution < 1.29 is 9.18 Å². The van der Waals surface area contributed by atoms with E-state index in [1.54, 1.807) is 6.07 Å². The smallest absolute Gasteiger partial charge is 0.207 e. The average molecular weight is 179 g/mol. The molecule has 1 aromatic carbocycles. The van der Waals surface area contributed by atoms with Gasteiger partial charge in [0.25, 0.3) is 0 Å². The SMILES string of the molecule is O=CNC1(c2cccc(F)c2)CC1. The summed E-state index contributed by atoms with van der Waals surface area (Å²) in [7, 11) is 0. The fourth-order valence-corrected chi connectivity index (χ4v) is 1.54. The Kier molecular flexibility index (Phi) is 1.79. The first kappa shape index (κ1) is 8.23. The number of amides is 1. The van der Waals surface area contributed by atoms with E-state index in [1.807, 2.05) is 6.07 Å². The summed E-state index contributed by atoms with van der Waals surface area (Å²) in [6, 6.07) is 6.38. The van der Waals surface area contributed by atoms with Crippen LogP contribution in [-0.2, 0) is 10.3 Å². The van der Waals surface area contributed by atoms with Gasteiger partial charge in [-0.05, 0) is 30.5 Å². The van der Waals surface area contributed by atoms with E-state index < -0.39 is 0 Å². The third kappa shape index (κ3) is 1.41. The third-order valence-corrected chi connectivity index (χ3v) is 2.46. The summed E-state index contributed by atoms with van der Waals surface area (Å²) in [5.74, 6) is -0.253. The molecule has 0 bridgehead atoms. The lowest BCUT2D eigenvalue weighted by Crippen LogP contribution is -2.27. The summed E-state index contributed by atoms with van der Waals surface area (Å²) in [4.78, 5) is 10.3. The predicted molar refractivity (Wildman–Crippen MR) is 46.5 cm³/mol. The van der Waals surface area contributed by atoms with Crippen molar-refractivity contribution in [3.8, 4) is 0 Å². The first-order valence-corrected chi connectivity index (χ1v) is 4.24. The van der Waals surface area contributed by atoms with Gasteiger partial charge in [0, 0.05) is 0 Å². The zero-order valence-corrected chi connectivity index (χ0v) is 7.09. The van der Waals surface area contributed by atoms with Gasteiger partial charge in [-0.3, -0.25) is 4.79 Å². The first-order chi connectivity index (χ1) is 6.27.